The Labute approximate surface area is 171 Å². The van der Waals surface area contributed by atoms with Crippen LogP contribution in [0.4, 0.5) is 17.1 Å². The van der Waals surface area contributed by atoms with Crippen LogP contribution in [0.3, 0.4) is 0 Å². The molecule has 3 rings (SSSR count). The van der Waals surface area contributed by atoms with Crippen molar-refractivity contribution in [3.8, 4) is 0 Å². The second-order valence-electron chi connectivity index (χ2n) is 9.94. The van der Waals surface area contributed by atoms with E-state index in [1.807, 2.05) is 0 Å². The largest absolute Gasteiger partial charge is 0.378 e. The van der Waals surface area contributed by atoms with Crippen LogP contribution in [-0.4, -0.2) is 26.3 Å². The van der Waals surface area contributed by atoms with Gasteiger partial charge >= 0.3 is 0 Å². The summed E-state index contributed by atoms with van der Waals surface area (Å²) in [5.74, 6) is 0. The highest BCUT2D eigenvalue weighted by molar-refractivity contribution is 5.77. The Bertz CT molecular complexity index is 821. The minimum atomic E-state index is 0.103. The number of nitrogens with one attached hydrogen (secondary N) is 1. The molecule has 0 spiro atoms. The van der Waals surface area contributed by atoms with Crippen molar-refractivity contribution in [1.29, 1.82) is 0 Å². The standard InChI is InChI=1S/C25H36N2O/c1-18-20(25(5,6)7)16-19(24(2,3)4)17-22(18)26-21-10-8-9-11-23(21)27-12-14-28-15-13-27/h8-11,16-17,26H,12-15H2,1-7H3. The molecule has 0 atom stereocenters. The smallest absolute Gasteiger partial charge is 0.0642 e. The van der Waals surface area contributed by atoms with Gasteiger partial charge in [0.05, 0.1) is 24.6 Å². The molecule has 28 heavy (non-hydrogen) atoms. The number of nitrogens with zero attached hydrogens (tertiary/aromatic N) is 1. The molecule has 3 nitrogen and oxygen atoms in total. The highest BCUT2D eigenvalue weighted by Gasteiger charge is 2.24. The topological polar surface area (TPSA) is 24.5 Å². The Kier molecular flexibility index (Phi) is 5.77. The summed E-state index contributed by atoms with van der Waals surface area (Å²) < 4.78 is 5.54. The Balaban J connectivity index is 2.05. The second kappa shape index (κ2) is 7.79. The van der Waals surface area contributed by atoms with E-state index in [1.54, 1.807) is 0 Å². The van der Waals surface area contributed by atoms with Crippen molar-refractivity contribution in [2.75, 3.05) is 36.5 Å². The zero-order chi connectivity index (χ0) is 20.5. The normalized spacial score (nSPS) is 15.6. The van der Waals surface area contributed by atoms with Gasteiger partial charge in [-0.1, -0.05) is 59.7 Å². The van der Waals surface area contributed by atoms with Crippen LogP contribution in [0.15, 0.2) is 36.4 Å². The first-order valence-corrected chi connectivity index (χ1v) is 10.4. The quantitative estimate of drug-likeness (QED) is 0.689. The van der Waals surface area contributed by atoms with Gasteiger partial charge in [-0.25, -0.2) is 0 Å². The number of para-hydroxylation sites is 2. The lowest BCUT2D eigenvalue weighted by Crippen LogP contribution is -2.36. The maximum absolute atomic E-state index is 5.54. The van der Waals surface area contributed by atoms with E-state index in [0.29, 0.717) is 0 Å². The molecule has 152 valence electrons. The predicted molar refractivity (Wildman–Crippen MR) is 121 cm³/mol. The maximum atomic E-state index is 5.54. The fourth-order valence-corrected chi connectivity index (χ4v) is 3.86. The van der Waals surface area contributed by atoms with E-state index in [9.17, 15) is 0 Å². The average molecular weight is 381 g/mol. The van der Waals surface area contributed by atoms with Gasteiger partial charge in [0.25, 0.3) is 0 Å². The zero-order valence-corrected chi connectivity index (χ0v) is 18.6. The van der Waals surface area contributed by atoms with Crippen LogP contribution in [0.1, 0.15) is 58.2 Å². The summed E-state index contributed by atoms with van der Waals surface area (Å²) in [5, 5.41) is 3.78. The van der Waals surface area contributed by atoms with E-state index in [0.717, 1.165) is 26.3 Å². The lowest BCUT2D eigenvalue weighted by molar-refractivity contribution is 0.123. The molecule has 1 heterocycles. The SMILES string of the molecule is Cc1c(Nc2ccccc2N2CCOCC2)cc(C(C)(C)C)cc1C(C)(C)C. The molecule has 1 aliphatic rings. The Hall–Kier alpha value is -2.00. The number of benzene rings is 2. The summed E-state index contributed by atoms with van der Waals surface area (Å²) in [7, 11) is 0. The first kappa shape index (κ1) is 20.7. The van der Waals surface area contributed by atoms with E-state index in [4.69, 9.17) is 4.74 Å². The highest BCUT2D eigenvalue weighted by Crippen LogP contribution is 2.38. The number of hydrogen-bond acceptors (Lipinski definition) is 3. The van der Waals surface area contributed by atoms with Gasteiger partial charge in [0.2, 0.25) is 0 Å². The molecule has 1 aliphatic heterocycles. The van der Waals surface area contributed by atoms with Crippen LogP contribution < -0.4 is 10.2 Å². The van der Waals surface area contributed by atoms with Gasteiger partial charge < -0.3 is 15.0 Å². The van der Waals surface area contributed by atoms with Gasteiger partial charge in [-0.05, 0) is 52.6 Å². The van der Waals surface area contributed by atoms with Crippen molar-refractivity contribution >= 4 is 17.1 Å². The molecule has 1 fully saturated rings. The van der Waals surface area contributed by atoms with Crippen LogP contribution in [0, 0.1) is 6.92 Å². The Morgan fingerprint density at radius 3 is 2.11 bits per heavy atom. The van der Waals surface area contributed by atoms with E-state index in [1.165, 1.54) is 33.8 Å². The van der Waals surface area contributed by atoms with Crippen molar-refractivity contribution in [3.63, 3.8) is 0 Å². The molecule has 0 aromatic heterocycles. The number of morpholine rings is 1. The summed E-state index contributed by atoms with van der Waals surface area (Å²) in [6, 6.07) is 13.4. The van der Waals surface area contributed by atoms with Gasteiger partial charge in [0, 0.05) is 18.8 Å². The first-order valence-electron chi connectivity index (χ1n) is 10.4. The van der Waals surface area contributed by atoms with Crippen molar-refractivity contribution in [3.05, 3.63) is 53.1 Å². The van der Waals surface area contributed by atoms with Crippen molar-refractivity contribution in [2.24, 2.45) is 0 Å². The number of anilines is 3. The third-order valence-corrected chi connectivity index (χ3v) is 5.61. The van der Waals surface area contributed by atoms with E-state index in [2.05, 4.69) is 95.1 Å². The molecule has 0 unspecified atom stereocenters. The molecule has 2 aromatic carbocycles. The summed E-state index contributed by atoms with van der Waals surface area (Å²) in [5.41, 5.74) is 7.94. The molecular formula is C25H36N2O. The van der Waals surface area contributed by atoms with Crippen LogP contribution in [0.25, 0.3) is 0 Å². The Morgan fingerprint density at radius 2 is 1.50 bits per heavy atom. The lowest BCUT2D eigenvalue weighted by Gasteiger charge is -2.32. The number of hydrogen-bond donors (Lipinski definition) is 1. The third kappa shape index (κ3) is 4.52. The van der Waals surface area contributed by atoms with Crippen LogP contribution in [0.5, 0.6) is 0 Å². The maximum Gasteiger partial charge on any atom is 0.0642 e. The van der Waals surface area contributed by atoms with E-state index in [-0.39, 0.29) is 10.8 Å². The van der Waals surface area contributed by atoms with Gasteiger partial charge in [-0.3, -0.25) is 0 Å². The first-order chi connectivity index (χ1) is 13.1. The van der Waals surface area contributed by atoms with Crippen LogP contribution in [-0.2, 0) is 15.6 Å². The molecule has 0 aliphatic carbocycles. The third-order valence-electron chi connectivity index (χ3n) is 5.61. The predicted octanol–water partition coefficient (Wildman–Crippen LogP) is 6.17. The van der Waals surface area contributed by atoms with Crippen molar-refractivity contribution < 1.29 is 4.74 Å². The fraction of sp³-hybridized carbons (Fsp3) is 0.520. The van der Waals surface area contributed by atoms with Crippen LogP contribution >= 0.6 is 0 Å². The van der Waals surface area contributed by atoms with Gasteiger partial charge in [-0.2, -0.15) is 0 Å². The average Bonchev–Trinajstić information content (AvgIpc) is 2.62. The molecule has 1 N–H and O–H groups in total. The fourth-order valence-electron chi connectivity index (χ4n) is 3.86. The summed E-state index contributed by atoms with van der Waals surface area (Å²) in [6.45, 7) is 19.5. The zero-order valence-electron chi connectivity index (χ0n) is 18.6. The number of ether oxygens (including phenoxy) is 1. The minimum Gasteiger partial charge on any atom is -0.378 e. The molecule has 1 saturated heterocycles. The molecule has 0 bridgehead atoms. The monoisotopic (exact) mass is 380 g/mol. The minimum absolute atomic E-state index is 0.103. The molecule has 0 radical (unpaired) electrons. The molecule has 0 saturated carbocycles. The van der Waals surface area contributed by atoms with Crippen LogP contribution in [0.2, 0.25) is 0 Å². The summed E-state index contributed by atoms with van der Waals surface area (Å²) in [4.78, 5) is 2.42. The molecule has 2 aromatic rings. The van der Waals surface area contributed by atoms with Gasteiger partial charge in [-0.15, -0.1) is 0 Å². The summed E-state index contributed by atoms with van der Waals surface area (Å²) >= 11 is 0. The Morgan fingerprint density at radius 1 is 0.857 bits per heavy atom. The summed E-state index contributed by atoms with van der Waals surface area (Å²) in [6.07, 6.45) is 0. The second-order valence-corrected chi connectivity index (χ2v) is 9.94. The highest BCUT2D eigenvalue weighted by atomic mass is 16.5. The van der Waals surface area contributed by atoms with E-state index < -0.39 is 0 Å². The molecule has 3 heteroatoms. The molecule has 0 amide bonds. The van der Waals surface area contributed by atoms with Crippen molar-refractivity contribution in [2.45, 2.75) is 59.3 Å². The lowest BCUT2D eigenvalue weighted by atomic mass is 9.78. The van der Waals surface area contributed by atoms with Gasteiger partial charge in [0.1, 0.15) is 0 Å². The number of rotatable bonds is 3. The van der Waals surface area contributed by atoms with Crippen molar-refractivity contribution in [1.82, 2.24) is 0 Å². The van der Waals surface area contributed by atoms with E-state index >= 15 is 0 Å². The van der Waals surface area contributed by atoms with Gasteiger partial charge in [0.15, 0.2) is 0 Å². The molecular weight excluding hydrogens is 344 g/mol.